The lowest BCUT2D eigenvalue weighted by Gasteiger charge is -2.31. The Hall–Kier alpha value is -0.370. The quantitative estimate of drug-likeness (QED) is 0.428. The fourth-order valence-electron chi connectivity index (χ4n) is 1.06. The number of aliphatic imine (C=N–C) groups is 1. The maximum Gasteiger partial charge on any atom is 0.194 e. The van der Waals surface area contributed by atoms with Crippen LogP contribution in [0.5, 0.6) is 0 Å². The molecule has 0 radical (unpaired) electrons. The van der Waals surface area contributed by atoms with E-state index >= 15 is 0 Å². The van der Waals surface area contributed by atoms with Crippen molar-refractivity contribution in [3.05, 3.63) is 0 Å². The molecule has 52 valence electrons. The SMILES string of the molecule is CC1=NCCC[N+]1(C)C. The standard InChI is InChI=1S/C7H15N2/c1-7-8-5-4-6-9(7,2)3/h4-6H2,1-3H3/q+1. The van der Waals surface area contributed by atoms with Gasteiger partial charge in [0, 0.05) is 19.9 Å². The molecule has 1 rings (SSSR count). The minimum absolute atomic E-state index is 0.986. The van der Waals surface area contributed by atoms with Crippen molar-refractivity contribution in [2.75, 3.05) is 27.2 Å². The van der Waals surface area contributed by atoms with Crippen LogP contribution in [-0.4, -0.2) is 37.5 Å². The van der Waals surface area contributed by atoms with Gasteiger partial charge in [0.05, 0.1) is 20.6 Å². The predicted octanol–water partition coefficient (Wildman–Crippen LogP) is 0.885. The molecule has 0 aromatic rings. The second kappa shape index (κ2) is 2.10. The Morgan fingerprint density at radius 2 is 2.11 bits per heavy atom. The summed E-state index contributed by atoms with van der Waals surface area (Å²) in [7, 11) is 4.41. The highest BCUT2D eigenvalue weighted by Gasteiger charge is 2.21. The van der Waals surface area contributed by atoms with E-state index in [1.54, 1.807) is 0 Å². The lowest BCUT2D eigenvalue weighted by atomic mass is 10.3. The van der Waals surface area contributed by atoms with Crippen molar-refractivity contribution in [1.82, 2.24) is 0 Å². The minimum Gasteiger partial charge on any atom is -0.284 e. The minimum atomic E-state index is 0.986. The molecule has 0 N–H and O–H groups in total. The Morgan fingerprint density at radius 3 is 2.44 bits per heavy atom. The van der Waals surface area contributed by atoms with Gasteiger partial charge < -0.3 is 0 Å². The van der Waals surface area contributed by atoms with Gasteiger partial charge in [-0.15, -0.1) is 0 Å². The number of hydrogen-bond donors (Lipinski definition) is 0. The number of nitrogens with zero attached hydrogens (tertiary/aromatic N) is 2. The molecule has 0 aliphatic carbocycles. The molecule has 0 spiro atoms. The number of rotatable bonds is 0. The molecule has 0 saturated heterocycles. The van der Waals surface area contributed by atoms with Crippen LogP contribution in [-0.2, 0) is 0 Å². The van der Waals surface area contributed by atoms with Gasteiger partial charge in [-0.3, -0.25) is 4.48 Å². The fourth-order valence-corrected chi connectivity index (χ4v) is 1.06. The predicted molar refractivity (Wildman–Crippen MR) is 39.6 cm³/mol. The molecular weight excluding hydrogens is 112 g/mol. The summed E-state index contributed by atoms with van der Waals surface area (Å²) in [5.74, 6) is 1.27. The van der Waals surface area contributed by atoms with Crippen molar-refractivity contribution < 1.29 is 4.48 Å². The third-order valence-electron chi connectivity index (χ3n) is 2.09. The first-order valence-electron chi connectivity index (χ1n) is 3.47. The highest BCUT2D eigenvalue weighted by Crippen LogP contribution is 2.07. The summed E-state index contributed by atoms with van der Waals surface area (Å²) in [6, 6.07) is 0. The third kappa shape index (κ3) is 1.30. The van der Waals surface area contributed by atoms with Gasteiger partial charge in [0.15, 0.2) is 5.84 Å². The molecule has 1 heterocycles. The van der Waals surface area contributed by atoms with Gasteiger partial charge in [-0.2, -0.15) is 0 Å². The summed E-state index contributed by atoms with van der Waals surface area (Å²) in [6.07, 6.45) is 1.24. The summed E-state index contributed by atoms with van der Waals surface area (Å²) >= 11 is 0. The van der Waals surface area contributed by atoms with E-state index in [9.17, 15) is 0 Å². The lowest BCUT2D eigenvalue weighted by molar-refractivity contribution is -0.802. The van der Waals surface area contributed by atoms with Gasteiger partial charge in [0.25, 0.3) is 0 Å². The Balaban J connectivity index is 2.73. The molecule has 0 saturated carbocycles. The summed E-state index contributed by atoms with van der Waals surface area (Å²) in [6.45, 7) is 4.39. The smallest absolute Gasteiger partial charge is 0.194 e. The zero-order valence-corrected chi connectivity index (χ0v) is 6.52. The first-order chi connectivity index (χ1) is 4.13. The Bertz CT molecular complexity index is 136. The molecule has 0 aromatic carbocycles. The molecule has 0 aromatic heterocycles. The molecule has 0 bridgehead atoms. The number of amidine groups is 1. The second-order valence-corrected chi connectivity index (χ2v) is 3.19. The van der Waals surface area contributed by atoms with Gasteiger partial charge in [-0.1, -0.05) is 0 Å². The van der Waals surface area contributed by atoms with Crippen molar-refractivity contribution >= 4 is 5.84 Å². The third-order valence-corrected chi connectivity index (χ3v) is 2.09. The van der Waals surface area contributed by atoms with Gasteiger partial charge >= 0.3 is 0 Å². The topological polar surface area (TPSA) is 12.4 Å². The van der Waals surface area contributed by atoms with Crippen LogP contribution >= 0.6 is 0 Å². The maximum atomic E-state index is 4.37. The first kappa shape index (κ1) is 6.75. The fraction of sp³-hybridized carbons (Fsp3) is 0.857. The average Bonchev–Trinajstić information content (AvgIpc) is 1.77. The van der Waals surface area contributed by atoms with E-state index in [1.807, 2.05) is 0 Å². The van der Waals surface area contributed by atoms with Crippen molar-refractivity contribution in [2.24, 2.45) is 4.99 Å². The number of hydrogen-bond acceptors (Lipinski definition) is 1. The van der Waals surface area contributed by atoms with Crippen molar-refractivity contribution in [1.29, 1.82) is 0 Å². The highest BCUT2D eigenvalue weighted by atomic mass is 15.4. The van der Waals surface area contributed by atoms with Gasteiger partial charge in [0.2, 0.25) is 0 Å². The molecule has 9 heavy (non-hydrogen) atoms. The molecule has 0 atom stereocenters. The summed E-state index contributed by atoms with van der Waals surface area (Å²) in [5, 5.41) is 0. The molecule has 1 aliphatic heterocycles. The Labute approximate surface area is 56.8 Å². The molecule has 2 heteroatoms. The van der Waals surface area contributed by atoms with E-state index in [-0.39, 0.29) is 0 Å². The second-order valence-electron chi connectivity index (χ2n) is 3.19. The molecule has 0 fully saturated rings. The van der Waals surface area contributed by atoms with E-state index < -0.39 is 0 Å². The van der Waals surface area contributed by atoms with Crippen LogP contribution in [0.25, 0.3) is 0 Å². The number of quaternary nitrogens is 1. The highest BCUT2D eigenvalue weighted by molar-refractivity contribution is 5.72. The maximum absolute atomic E-state index is 4.37. The zero-order valence-electron chi connectivity index (χ0n) is 6.52. The Morgan fingerprint density at radius 1 is 1.44 bits per heavy atom. The van der Waals surface area contributed by atoms with Gasteiger partial charge in [-0.05, 0) is 0 Å². The van der Waals surface area contributed by atoms with Crippen LogP contribution < -0.4 is 0 Å². The average molecular weight is 127 g/mol. The zero-order chi connectivity index (χ0) is 6.91. The monoisotopic (exact) mass is 127 g/mol. The van der Waals surface area contributed by atoms with Crippen LogP contribution in [0.4, 0.5) is 0 Å². The van der Waals surface area contributed by atoms with Crippen LogP contribution in [0.3, 0.4) is 0 Å². The molecule has 1 aliphatic rings. The van der Waals surface area contributed by atoms with Crippen LogP contribution in [0.15, 0.2) is 4.99 Å². The molecule has 2 nitrogen and oxygen atoms in total. The molecule has 0 unspecified atom stereocenters. The molecule has 0 amide bonds. The molecular formula is C7H15N2+. The Kier molecular flexibility index (Phi) is 1.58. The van der Waals surface area contributed by atoms with Crippen LogP contribution in [0, 0.1) is 0 Å². The van der Waals surface area contributed by atoms with Crippen molar-refractivity contribution in [2.45, 2.75) is 13.3 Å². The normalized spacial score (nSPS) is 25.4. The van der Waals surface area contributed by atoms with Crippen LogP contribution in [0.1, 0.15) is 13.3 Å². The lowest BCUT2D eigenvalue weighted by Crippen LogP contribution is -2.47. The van der Waals surface area contributed by atoms with Crippen molar-refractivity contribution in [3.8, 4) is 0 Å². The van der Waals surface area contributed by atoms with Crippen LogP contribution in [0.2, 0.25) is 0 Å². The van der Waals surface area contributed by atoms with E-state index in [4.69, 9.17) is 0 Å². The van der Waals surface area contributed by atoms with E-state index in [2.05, 4.69) is 26.0 Å². The summed E-state index contributed by atoms with van der Waals surface area (Å²) in [4.78, 5) is 4.37. The van der Waals surface area contributed by atoms with Gasteiger partial charge in [0.1, 0.15) is 0 Å². The van der Waals surface area contributed by atoms with Crippen molar-refractivity contribution in [3.63, 3.8) is 0 Å². The van der Waals surface area contributed by atoms with Gasteiger partial charge in [-0.25, -0.2) is 4.99 Å². The van der Waals surface area contributed by atoms with E-state index in [1.165, 1.54) is 18.8 Å². The summed E-state index contributed by atoms with van der Waals surface area (Å²) < 4.78 is 0.986. The van der Waals surface area contributed by atoms with E-state index in [0.717, 1.165) is 11.0 Å². The van der Waals surface area contributed by atoms with E-state index in [0.29, 0.717) is 0 Å². The largest absolute Gasteiger partial charge is 0.284 e. The summed E-state index contributed by atoms with van der Waals surface area (Å²) in [5.41, 5.74) is 0. The first-order valence-corrected chi connectivity index (χ1v) is 3.47.